The molecule has 74 heavy (non-hydrogen) atoms. The fourth-order valence-corrected chi connectivity index (χ4v) is 10.9. The summed E-state index contributed by atoms with van der Waals surface area (Å²) in [4.78, 5) is 84.2. The summed E-state index contributed by atoms with van der Waals surface area (Å²) >= 11 is 0. The van der Waals surface area contributed by atoms with Crippen LogP contribution in [0.1, 0.15) is 89.2 Å². The molecule has 0 aliphatic carbocycles. The zero-order chi connectivity index (χ0) is 53.6. The topological polar surface area (TPSA) is 172 Å². The van der Waals surface area contributed by atoms with E-state index in [0.717, 1.165) is 6.07 Å². The van der Waals surface area contributed by atoms with Crippen molar-refractivity contribution in [2.75, 3.05) is 46.4 Å². The van der Waals surface area contributed by atoms with Crippen molar-refractivity contribution in [1.29, 1.82) is 0 Å². The van der Waals surface area contributed by atoms with Crippen molar-refractivity contribution in [3.05, 3.63) is 83.8 Å². The molecule has 4 aliphatic rings. The number of hydrogen-bond donors (Lipinski definition) is 2. The Hall–Kier alpha value is -6.48. The van der Waals surface area contributed by atoms with Gasteiger partial charge in [0, 0.05) is 78.0 Å². The number of amides is 5. The maximum Gasteiger partial charge on any atom is 0.406 e. The molecule has 398 valence electrons. The second-order valence-electron chi connectivity index (χ2n) is 21.2. The second kappa shape index (κ2) is 21.4. The second-order valence-corrected chi connectivity index (χ2v) is 21.2. The van der Waals surface area contributed by atoms with E-state index in [9.17, 15) is 37.1 Å². The number of nitrogens with one attached hydrogen (secondary N) is 2. The van der Waals surface area contributed by atoms with Crippen LogP contribution in [0.25, 0.3) is 33.4 Å². The molecule has 7 heterocycles. The van der Waals surface area contributed by atoms with E-state index in [1.165, 1.54) is 50.7 Å². The number of fused-ring (bicyclic) bond motifs is 7. The van der Waals surface area contributed by atoms with Crippen LogP contribution in [0, 0.1) is 11.3 Å². The number of ether oxygens (including phenoxy) is 2. The number of pyridine rings is 2. The number of carbonyl (C=O) groups is 5. The van der Waals surface area contributed by atoms with Gasteiger partial charge in [0.1, 0.15) is 24.7 Å². The lowest BCUT2D eigenvalue weighted by Gasteiger charge is -2.37. The third kappa shape index (κ3) is 11.3. The molecule has 0 spiro atoms. The first kappa shape index (κ1) is 53.8. The zero-order valence-electron chi connectivity index (χ0n) is 42.7. The first-order valence-corrected chi connectivity index (χ1v) is 25.0. The minimum absolute atomic E-state index is 0.0249. The van der Waals surface area contributed by atoms with Gasteiger partial charge >= 0.3 is 18.2 Å². The first-order chi connectivity index (χ1) is 34.9. The van der Waals surface area contributed by atoms with E-state index in [0.29, 0.717) is 35.2 Å². The summed E-state index contributed by atoms with van der Waals surface area (Å²) in [5.41, 5.74) is 3.92. The fourth-order valence-electron chi connectivity index (χ4n) is 10.9. The molecule has 5 atom stereocenters. The molecular weight excluding hydrogens is 970 g/mol. The van der Waals surface area contributed by atoms with Gasteiger partial charge in [0.25, 0.3) is 12.3 Å². The smallest absolute Gasteiger partial charge is 0.406 e. The van der Waals surface area contributed by atoms with Gasteiger partial charge in [0.15, 0.2) is 0 Å². The molecule has 5 amide bonds. The Morgan fingerprint density at radius 1 is 1.05 bits per heavy atom. The predicted octanol–water partition coefficient (Wildman–Crippen LogP) is 7.21. The normalized spacial score (nSPS) is 21.9. The molecule has 6 bridgehead atoms. The lowest BCUT2D eigenvalue weighted by atomic mass is 9.84. The Bertz CT molecular complexity index is 2820. The Balaban J connectivity index is 1.22. The minimum Gasteiger partial charge on any atom is -0.464 e. The Morgan fingerprint density at radius 3 is 2.50 bits per heavy atom. The molecule has 0 radical (unpaired) electrons. The van der Waals surface area contributed by atoms with Crippen molar-refractivity contribution in [1.82, 2.24) is 45.0 Å². The standard InChI is InChI=1S/C53H64F5N9O7/c1-9-43(68)65-18-19-73-42-26-64(25-41(42)65)51(72)63(8)45(30(4)5)48(69)61-39-23-33-20-32(47(54)55)22-38(60-33)31-14-15-40-35(21-31)36(24-52(6,7)28-74-50(71)37-13-11-17-67(62-37)49(39)70)46(66(40)27-53(56,57)58)34-12-10-16-59-44(34)29(2)3/h9-10,12,14-16,20-22,29-30,37,39,41-42,45,47,62H,1,11,13,17-19,23-28H2,2-8H3,(H,61,69)/t37-,39-,41+,42-,45-/m0/s1. The maximum atomic E-state index is 15.0. The SMILES string of the molecule is C=CC(=O)N1CCO[C@H]2CN(C(=O)N(C)[C@H](C(=O)N[C@H]3Cc4cc(C(F)F)cc(n4)-c4ccc5c(c4)c(c(-c4cccnc4C(C)C)n5CC(F)(F)F)CC(C)(C)COC(=O)[C@@H]4CCCN(N4)C3=O)C(C)C)C[C@H]21. The van der Waals surface area contributed by atoms with Gasteiger partial charge in [-0.2, -0.15) is 13.2 Å². The van der Waals surface area contributed by atoms with E-state index in [1.807, 2.05) is 27.7 Å². The number of cyclic esters (lactones) is 1. The Labute approximate surface area is 426 Å². The van der Waals surface area contributed by atoms with Crippen LogP contribution in [0.15, 0.2) is 61.3 Å². The highest BCUT2D eigenvalue weighted by molar-refractivity contribution is 5.96. The third-order valence-corrected chi connectivity index (χ3v) is 14.3. The molecular formula is C53H64F5N9O7. The largest absolute Gasteiger partial charge is 0.464 e. The molecule has 8 rings (SSSR count). The van der Waals surface area contributed by atoms with Crippen LogP contribution < -0.4 is 10.7 Å². The van der Waals surface area contributed by atoms with Crippen LogP contribution in [0.3, 0.4) is 0 Å². The summed E-state index contributed by atoms with van der Waals surface area (Å²) < 4.78 is 87.3. The number of urea groups is 1. The summed E-state index contributed by atoms with van der Waals surface area (Å²) in [5.74, 6) is -3.15. The number of halogens is 5. The van der Waals surface area contributed by atoms with E-state index in [4.69, 9.17) is 14.5 Å². The molecule has 16 nitrogen and oxygen atoms in total. The summed E-state index contributed by atoms with van der Waals surface area (Å²) in [6.45, 7) is 13.9. The number of likely N-dealkylation sites (N-methyl/N-ethyl adjacent to an activating group) is 1. The van der Waals surface area contributed by atoms with Crippen molar-refractivity contribution in [3.8, 4) is 22.5 Å². The number of alkyl halides is 5. The molecule has 0 unspecified atom stereocenters. The Kier molecular flexibility index (Phi) is 15.6. The van der Waals surface area contributed by atoms with E-state index in [1.54, 1.807) is 43.1 Å². The Morgan fingerprint density at radius 2 is 1.81 bits per heavy atom. The number of hydrazine groups is 1. The maximum absolute atomic E-state index is 15.0. The zero-order valence-corrected chi connectivity index (χ0v) is 42.7. The van der Waals surface area contributed by atoms with Crippen molar-refractivity contribution in [3.63, 3.8) is 0 Å². The monoisotopic (exact) mass is 1030 g/mol. The highest BCUT2D eigenvalue weighted by Crippen LogP contribution is 2.43. The summed E-state index contributed by atoms with van der Waals surface area (Å²) in [5, 5.41) is 4.40. The summed E-state index contributed by atoms with van der Waals surface area (Å²) in [6.07, 6.45) is -5.09. The van der Waals surface area contributed by atoms with Gasteiger partial charge in [0.2, 0.25) is 11.8 Å². The number of likely N-dealkylation sites (tertiary alicyclic amines) is 1. The van der Waals surface area contributed by atoms with E-state index in [2.05, 4.69) is 22.3 Å². The van der Waals surface area contributed by atoms with Gasteiger partial charge in [0.05, 0.1) is 49.0 Å². The quantitative estimate of drug-likeness (QED) is 0.0992. The van der Waals surface area contributed by atoms with Crippen LogP contribution in [0.4, 0.5) is 26.7 Å². The van der Waals surface area contributed by atoms with Crippen molar-refractivity contribution < 1.29 is 55.4 Å². The van der Waals surface area contributed by atoms with Crippen molar-refractivity contribution in [2.45, 2.75) is 123 Å². The first-order valence-electron chi connectivity index (χ1n) is 25.0. The average Bonchev–Trinajstić information content (AvgIpc) is 3.92. The van der Waals surface area contributed by atoms with E-state index >= 15 is 8.78 Å². The molecule has 3 fully saturated rings. The molecule has 4 aliphatic heterocycles. The number of rotatable bonds is 9. The highest BCUT2D eigenvalue weighted by Gasteiger charge is 2.46. The number of esters is 1. The third-order valence-electron chi connectivity index (χ3n) is 14.3. The van der Waals surface area contributed by atoms with Gasteiger partial charge in [-0.25, -0.2) is 19.0 Å². The van der Waals surface area contributed by atoms with Crippen molar-refractivity contribution >= 4 is 40.6 Å². The number of morpholine rings is 1. The van der Waals surface area contributed by atoms with Crippen LogP contribution in [-0.4, -0.2) is 147 Å². The molecule has 21 heteroatoms. The molecule has 3 saturated heterocycles. The molecule has 4 aromatic rings. The molecule has 1 aromatic carbocycles. The van der Waals surface area contributed by atoms with Crippen LogP contribution in [0.5, 0.6) is 0 Å². The summed E-state index contributed by atoms with van der Waals surface area (Å²) in [7, 11) is 1.46. The number of nitrogens with zero attached hydrogens (tertiary/aromatic N) is 7. The number of carbonyl (C=O) groups excluding carboxylic acids is 5. The van der Waals surface area contributed by atoms with Gasteiger partial charge in [-0.15, -0.1) is 0 Å². The minimum atomic E-state index is -4.67. The summed E-state index contributed by atoms with van der Waals surface area (Å²) in [6, 6.07) is 5.69. The van der Waals surface area contributed by atoms with Crippen LogP contribution in [-0.2, 0) is 48.0 Å². The predicted molar refractivity (Wildman–Crippen MR) is 264 cm³/mol. The average molecular weight is 1030 g/mol. The molecule has 3 aromatic heterocycles. The number of hydrogen-bond acceptors (Lipinski definition) is 10. The van der Waals surface area contributed by atoms with Gasteiger partial charge in [-0.05, 0) is 79.1 Å². The number of benzene rings is 1. The number of aromatic nitrogens is 3. The van der Waals surface area contributed by atoms with Gasteiger partial charge < -0.3 is 34.1 Å². The fraction of sp³-hybridized carbons (Fsp3) is 0.528. The van der Waals surface area contributed by atoms with Gasteiger partial charge in [-0.1, -0.05) is 54.2 Å². The van der Waals surface area contributed by atoms with Crippen LogP contribution >= 0.6 is 0 Å². The lowest BCUT2D eigenvalue weighted by Crippen LogP contribution is -2.62. The van der Waals surface area contributed by atoms with E-state index in [-0.39, 0.29) is 85.7 Å². The van der Waals surface area contributed by atoms with Gasteiger partial charge in [-0.3, -0.25) is 34.2 Å². The molecule has 0 saturated carbocycles. The van der Waals surface area contributed by atoms with E-state index < -0.39 is 96.5 Å². The van der Waals surface area contributed by atoms with Crippen molar-refractivity contribution in [2.24, 2.45) is 11.3 Å². The highest BCUT2D eigenvalue weighted by atomic mass is 19.4. The lowest BCUT2D eigenvalue weighted by molar-refractivity contribution is -0.155. The van der Waals surface area contributed by atoms with Crippen LogP contribution in [0.2, 0.25) is 0 Å². The molecule has 2 N–H and O–H groups in total.